The van der Waals surface area contributed by atoms with E-state index in [0.29, 0.717) is 35.4 Å². The Kier molecular flexibility index (Phi) is 10.5. The van der Waals surface area contributed by atoms with Crippen molar-refractivity contribution >= 4 is 49.0 Å². The van der Waals surface area contributed by atoms with Crippen LogP contribution in [0.4, 0.5) is 19.0 Å². The summed E-state index contributed by atoms with van der Waals surface area (Å²) in [4.78, 5) is 26.0. The second-order valence-corrected chi connectivity index (χ2v) is 16.3. The molecule has 0 saturated carbocycles. The van der Waals surface area contributed by atoms with Crippen LogP contribution in [0.15, 0.2) is 17.5 Å². The minimum Gasteiger partial charge on any atom is -0.414 e. The van der Waals surface area contributed by atoms with Crippen molar-refractivity contribution in [1.29, 1.82) is 0 Å². The monoisotopic (exact) mass is 616 g/mol. The number of carbonyl (C=O) groups excluding carboxylic acids is 1. The van der Waals surface area contributed by atoms with Crippen molar-refractivity contribution in [3.8, 4) is 11.8 Å². The summed E-state index contributed by atoms with van der Waals surface area (Å²) in [7, 11) is 1.53. The second kappa shape index (κ2) is 13.1. The molecule has 2 aromatic heterocycles. The van der Waals surface area contributed by atoms with Gasteiger partial charge in [-0.05, 0) is 18.1 Å². The third-order valence-electron chi connectivity index (χ3n) is 7.00. The molecule has 0 spiro atoms. The van der Waals surface area contributed by atoms with Crippen LogP contribution in [0.5, 0.6) is 0 Å². The number of hydrogen-bond acceptors (Lipinski definition) is 7. The van der Waals surface area contributed by atoms with Gasteiger partial charge < -0.3 is 28.7 Å². The maximum atomic E-state index is 12.5. The molecular formula is C26H36ClF3N6O4Si. The molecule has 3 heterocycles. The van der Waals surface area contributed by atoms with Crippen LogP contribution in [-0.4, -0.2) is 91.7 Å². The summed E-state index contributed by atoms with van der Waals surface area (Å²) in [5.41, 5.74) is 0.877. The number of aromatic nitrogens is 3. The number of fused-ring (bicyclic) bond motifs is 1. The molecule has 1 aliphatic heterocycles. The van der Waals surface area contributed by atoms with Gasteiger partial charge in [0.15, 0.2) is 14.1 Å². The molecule has 0 unspecified atom stereocenters. The second-order valence-electron chi connectivity index (χ2n) is 11.3. The van der Waals surface area contributed by atoms with E-state index in [0.717, 1.165) is 0 Å². The molecule has 0 aliphatic carbocycles. The number of nitrogens with one attached hydrogen (secondary N) is 1. The zero-order valence-corrected chi connectivity index (χ0v) is 25.9. The first-order valence-corrected chi connectivity index (χ1v) is 16.4. The van der Waals surface area contributed by atoms with Gasteiger partial charge >= 0.3 is 12.1 Å². The fourth-order valence-electron chi connectivity index (χ4n) is 3.80. The van der Waals surface area contributed by atoms with Crippen LogP contribution >= 0.6 is 11.6 Å². The summed E-state index contributed by atoms with van der Waals surface area (Å²) in [6, 6.07) is -0.0181. The molecule has 1 saturated heterocycles. The van der Waals surface area contributed by atoms with E-state index in [1.54, 1.807) is 41.4 Å². The molecular weight excluding hydrogens is 581 g/mol. The third kappa shape index (κ3) is 8.20. The fraction of sp³-hybridized carbons (Fsp3) is 0.615. The van der Waals surface area contributed by atoms with Crippen LogP contribution < -0.4 is 5.32 Å². The summed E-state index contributed by atoms with van der Waals surface area (Å²) >= 11 is 5.93. The average molecular weight is 617 g/mol. The van der Waals surface area contributed by atoms with Crippen LogP contribution in [-0.2, 0) is 18.7 Å². The van der Waals surface area contributed by atoms with Gasteiger partial charge in [0.05, 0.1) is 36.5 Å². The van der Waals surface area contributed by atoms with Crippen LogP contribution in [0.2, 0.25) is 18.1 Å². The van der Waals surface area contributed by atoms with Crippen molar-refractivity contribution in [2.45, 2.75) is 69.9 Å². The quantitative estimate of drug-likeness (QED) is 0.145. The van der Waals surface area contributed by atoms with E-state index < -0.39 is 39.3 Å². The molecule has 0 radical (unpaired) electrons. The highest BCUT2D eigenvalue weighted by Crippen LogP contribution is 2.39. The number of alkyl halides is 4. The lowest BCUT2D eigenvalue weighted by Crippen LogP contribution is -2.44. The summed E-state index contributed by atoms with van der Waals surface area (Å²) in [6.07, 6.45) is -1.22. The minimum atomic E-state index is -4.99. The Morgan fingerprint density at radius 1 is 1.34 bits per heavy atom. The number of nitrogens with zero attached hydrogens (tertiary/aromatic N) is 5. The number of amides is 1. The van der Waals surface area contributed by atoms with E-state index in [4.69, 9.17) is 25.5 Å². The van der Waals surface area contributed by atoms with Crippen molar-refractivity contribution in [3.05, 3.63) is 18.1 Å². The van der Waals surface area contributed by atoms with Crippen LogP contribution in [0.1, 0.15) is 39.0 Å². The molecule has 41 heavy (non-hydrogen) atoms. The number of hydrogen-bond donors (Lipinski definition) is 1. The first-order valence-electron chi connectivity index (χ1n) is 12.9. The summed E-state index contributed by atoms with van der Waals surface area (Å²) in [5.74, 6) is 3.65. The molecule has 3 atom stereocenters. The van der Waals surface area contributed by atoms with Gasteiger partial charge in [-0.25, -0.2) is 15.0 Å². The van der Waals surface area contributed by atoms with E-state index >= 15 is 0 Å². The molecule has 226 valence electrons. The molecule has 2 aromatic rings. The van der Waals surface area contributed by atoms with Crippen LogP contribution in [0, 0.1) is 11.8 Å². The Bertz CT molecular complexity index is 1320. The Morgan fingerprint density at radius 2 is 2.05 bits per heavy atom. The smallest absolute Gasteiger partial charge is 0.414 e. The van der Waals surface area contributed by atoms with Gasteiger partial charge in [0, 0.05) is 26.7 Å². The molecule has 1 amide bonds. The standard InChI is InChI=1S/C26H36ClF3N6O4Si/c1-25(2,3)41(6,7)39-13-19-18(38-14-27)11-20(40-19)36-12-17(9-8-10-31-24(37)26(28,29)30)21-22(34-16-35(4)5)32-15-33-23(21)36/h12,15-16,18-20H,10-11,13-14H2,1-7H3,(H,31,37)/t18-,19+,20+/m0/s1. The van der Waals surface area contributed by atoms with Gasteiger partial charge in [-0.15, -0.1) is 0 Å². The van der Waals surface area contributed by atoms with Gasteiger partial charge in [0.25, 0.3) is 0 Å². The van der Waals surface area contributed by atoms with Crippen molar-refractivity contribution < 1.29 is 31.9 Å². The van der Waals surface area contributed by atoms with Gasteiger partial charge in [-0.2, -0.15) is 13.2 Å². The average Bonchev–Trinajstić information content (AvgIpc) is 3.44. The molecule has 1 fully saturated rings. The maximum Gasteiger partial charge on any atom is 0.471 e. The number of aliphatic imine (C=N–C) groups is 1. The van der Waals surface area contributed by atoms with E-state index in [-0.39, 0.29) is 17.2 Å². The van der Waals surface area contributed by atoms with Crippen LogP contribution in [0.25, 0.3) is 11.0 Å². The molecule has 10 nitrogen and oxygen atoms in total. The number of halogens is 4. The van der Waals surface area contributed by atoms with Gasteiger partial charge in [-0.3, -0.25) is 4.79 Å². The Balaban J connectivity index is 1.96. The lowest BCUT2D eigenvalue weighted by atomic mass is 10.2. The van der Waals surface area contributed by atoms with Crippen molar-refractivity contribution in [2.75, 3.05) is 33.3 Å². The molecule has 1 N–H and O–H groups in total. The lowest BCUT2D eigenvalue weighted by Gasteiger charge is -2.37. The number of carbonyl (C=O) groups is 1. The van der Waals surface area contributed by atoms with E-state index in [1.165, 1.54) is 6.33 Å². The highest BCUT2D eigenvalue weighted by atomic mass is 35.5. The molecule has 0 bridgehead atoms. The molecule has 1 aliphatic rings. The highest BCUT2D eigenvalue weighted by Gasteiger charge is 2.42. The first-order chi connectivity index (χ1) is 19.0. The minimum absolute atomic E-state index is 0.0119. The topological polar surface area (TPSA) is 103 Å². The Labute approximate surface area is 243 Å². The molecule has 3 rings (SSSR count). The van der Waals surface area contributed by atoms with Gasteiger partial charge in [0.1, 0.15) is 30.4 Å². The summed E-state index contributed by atoms with van der Waals surface area (Å²) in [6.45, 7) is 10.6. The van der Waals surface area contributed by atoms with Crippen LogP contribution in [0.3, 0.4) is 0 Å². The Morgan fingerprint density at radius 3 is 2.66 bits per heavy atom. The van der Waals surface area contributed by atoms with E-state index in [2.05, 4.69) is 60.7 Å². The normalized spacial score (nSPS) is 19.9. The number of rotatable bonds is 9. The fourth-order valence-corrected chi connectivity index (χ4v) is 4.98. The number of ether oxygens (including phenoxy) is 2. The third-order valence-corrected chi connectivity index (χ3v) is 11.6. The highest BCUT2D eigenvalue weighted by molar-refractivity contribution is 6.74. The summed E-state index contributed by atoms with van der Waals surface area (Å²) < 4.78 is 58.0. The SMILES string of the molecule is CN(C)C=Nc1ncnc2c1c(C#CCNC(=O)C(F)(F)F)cn2[C@H]1C[C@H](OCCl)[C@@H](CO[Si](C)(C)C(C)(C)C)O1. The van der Waals surface area contributed by atoms with Gasteiger partial charge in [0.2, 0.25) is 0 Å². The van der Waals surface area contributed by atoms with Crippen molar-refractivity contribution in [2.24, 2.45) is 4.99 Å². The maximum absolute atomic E-state index is 12.5. The van der Waals surface area contributed by atoms with Crippen molar-refractivity contribution in [1.82, 2.24) is 24.8 Å². The van der Waals surface area contributed by atoms with Crippen molar-refractivity contribution in [3.63, 3.8) is 0 Å². The Hall–Kier alpha value is -2.70. The lowest BCUT2D eigenvalue weighted by molar-refractivity contribution is -0.173. The summed E-state index contributed by atoms with van der Waals surface area (Å²) in [5, 5.41) is 2.24. The molecule has 15 heteroatoms. The molecule has 0 aromatic carbocycles. The predicted molar refractivity (Wildman–Crippen MR) is 153 cm³/mol. The van der Waals surface area contributed by atoms with E-state index in [1.807, 2.05) is 0 Å². The zero-order valence-electron chi connectivity index (χ0n) is 24.2. The van der Waals surface area contributed by atoms with Gasteiger partial charge in [-0.1, -0.05) is 44.2 Å². The predicted octanol–water partition coefficient (Wildman–Crippen LogP) is 4.57. The first kappa shape index (κ1) is 32.8. The largest absolute Gasteiger partial charge is 0.471 e. The zero-order chi connectivity index (χ0) is 30.6. The van der Waals surface area contributed by atoms with E-state index in [9.17, 15) is 18.0 Å².